The van der Waals surface area contributed by atoms with Gasteiger partial charge in [0.05, 0.1) is 29.5 Å². The Labute approximate surface area is 182 Å². The molecular formula is C22H21F3N6O. The molecule has 0 radical (unpaired) electrons. The van der Waals surface area contributed by atoms with Crippen molar-refractivity contribution in [3.05, 3.63) is 66.4 Å². The summed E-state index contributed by atoms with van der Waals surface area (Å²) in [6.07, 6.45) is 2.70. The maximum atomic E-state index is 13.1. The van der Waals surface area contributed by atoms with Crippen molar-refractivity contribution in [2.45, 2.75) is 43.9 Å². The van der Waals surface area contributed by atoms with Crippen molar-refractivity contribution in [1.29, 1.82) is 0 Å². The summed E-state index contributed by atoms with van der Waals surface area (Å²) < 4.78 is 38.2. The normalized spacial score (nSPS) is 20.7. The van der Waals surface area contributed by atoms with E-state index in [2.05, 4.69) is 30.6 Å². The highest BCUT2D eigenvalue weighted by Gasteiger charge is 2.40. The molecule has 0 bridgehead atoms. The zero-order chi connectivity index (χ0) is 22.8. The van der Waals surface area contributed by atoms with Gasteiger partial charge in [-0.1, -0.05) is 18.2 Å². The molecule has 0 saturated heterocycles. The van der Waals surface area contributed by atoms with Crippen LogP contribution in [0.2, 0.25) is 0 Å². The molecule has 32 heavy (non-hydrogen) atoms. The number of anilines is 1. The molecule has 1 fully saturated rings. The van der Waals surface area contributed by atoms with E-state index >= 15 is 0 Å². The van der Waals surface area contributed by atoms with Gasteiger partial charge in [0.1, 0.15) is 5.82 Å². The van der Waals surface area contributed by atoms with Crippen molar-refractivity contribution in [3.8, 4) is 11.4 Å². The van der Waals surface area contributed by atoms with Crippen molar-refractivity contribution in [3.63, 3.8) is 0 Å². The number of rotatable bonds is 5. The first-order valence-corrected chi connectivity index (χ1v) is 10.1. The lowest BCUT2D eigenvalue weighted by molar-refractivity contribution is -0.141. The van der Waals surface area contributed by atoms with Gasteiger partial charge in [0.15, 0.2) is 11.5 Å². The summed E-state index contributed by atoms with van der Waals surface area (Å²) in [5.74, 6) is 0.400. The Balaban J connectivity index is 1.52. The van der Waals surface area contributed by atoms with Crippen molar-refractivity contribution in [2.75, 3.05) is 5.32 Å². The SMILES string of the molecule is C[C@]1(Nc2cnc(C(F)(F)F)cn2)CCC[C@@H]1NC(=O)c1ccccc1-c1ncccn1. The number of benzene rings is 1. The smallest absolute Gasteiger partial charge is 0.362 e. The molecule has 166 valence electrons. The van der Waals surface area contributed by atoms with Crippen molar-refractivity contribution >= 4 is 11.7 Å². The number of aromatic nitrogens is 4. The molecule has 3 aromatic rings. The average molecular weight is 442 g/mol. The molecule has 1 aliphatic carbocycles. The molecule has 1 aliphatic rings. The molecule has 1 aromatic carbocycles. The van der Waals surface area contributed by atoms with Gasteiger partial charge in [-0.05, 0) is 38.3 Å². The second-order valence-electron chi connectivity index (χ2n) is 7.86. The van der Waals surface area contributed by atoms with Gasteiger partial charge in [-0.15, -0.1) is 0 Å². The van der Waals surface area contributed by atoms with Gasteiger partial charge in [0.25, 0.3) is 5.91 Å². The van der Waals surface area contributed by atoms with E-state index in [1.807, 2.05) is 13.0 Å². The quantitative estimate of drug-likeness (QED) is 0.618. The average Bonchev–Trinajstić information content (AvgIpc) is 3.13. The van der Waals surface area contributed by atoms with Crippen molar-refractivity contribution in [1.82, 2.24) is 25.3 Å². The lowest BCUT2D eigenvalue weighted by atomic mass is 9.94. The fourth-order valence-electron chi connectivity index (χ4n) is 3.93. The molecule has 2 N–H and O–H groups in total. The first-order chi connectivity index (χ1) is 15.3. The Kier molecular flexibility index (Phi) is 5.77. The highest BCUT2D eigenvalue weighted by molar-refractivity contribution is 6.00. The maximum Gasteiger partial charge on any atom is 0.434 e. The number of alkyl halides is 3. The number of amides is 1. The van der Waals surface area contributed by atoms with Crippen LogP contribution in [0.1, 0.15) is 42.2 Å². The van der Waals surface area contributed by atoms with E-state index in [1.165, 1.54) is 0 Å². The lowest BCUT2D eigenvalue weighted by Gasteiger charge is -2.34. The highest BCUT2D eigenvalue weighted by atomic mass is 19.4. The number of halogens is 3. The minimum atomic E-state index is -4.55. The fourth-order valence-corrected chi connectivity index (χ4v) is 3.93. The van der Waals surface area contributed by atoms with Crippen LogP contribution in [-0.4, -0.2) is 37.4 Å². The second-order valence-corrected chi connectivity index (χ2v) is 7.86. The summed E-state index contributed by atoms with van der Waals surface area (Å²) in [5, 5.41) is 6.24. The number of hydrogen-bond acceptors (Lipinski definition) is 6. The number of nitrogens with one attached hydrogen (secondary N) is 2. The first kappa shape index (κ1) is 21.7. The van der Waals surface area contributed by atoms with Gasteiger partial charge in [-0.25, -0.2) is 19.9 Å². The van der Waals surface area contributed by atoms with Gasteiger partial charge in [-0.3, -0.25) is 4.79 Å². The van der Waals surface area contributed by atoms with Crippen LogP contribution in [-0.2, 0) is 6.18 Å². The van der Waals surface area contributed by atoms with Crippen LogP contribution in [0.4, 0.5) is 19.0 Å². The van der Waals surface area contributed by atoms with Crippen LogP contribution in [0.3, 0.4) is 0 Å². The topological polar surface area (TPSA) is 92.7 Å². The fraction of sp³-hybridized carbons (Fsp3) is 0.318. The van der Waals surface area contributed by atoms with Crippen LogP contribution in [0.5, 0.6) is 0 Å². The lowest BCUT2D eigenvalue weighted by Crippen LogP contribution is -2.52. The van der Waals surface area contributed by atoms with E-state index in [4.69, 9.17) is 0 Å². The second kappa shape index (κ2) is 8.52. The molecule has 1 amide bonds. The third-order valence-corrected chi connectivity index (χ3v) is 5.60. The molecule has 2 heterocycles. The number of carbonyl (C=O) groups excluding carboxylic acids is 1. The number of carbonyl (C=O) groups is 1. The van der Waals surface area contributed by atoms with Gasteiger partial charge >= 0.3 is 6.18 Å². The molecule has 2 atom stereocenters. The van der Waals surface area contributed by atoms with Crippen molar-refractivity contribution < 1.29 is 18.0 Å². The minimum Gasteiger partial charge on any atom is -0.362 e. The van der Waals surface area contributed by atoms with E-state index in [9.17, 15) is 18.0 Å². The third kappa shape index (κ3) is 4.53. The van der Waals surface area contributed by atoms with Gasteiger partial charge in [0.2, 0.25) is 0 Å². The molecule has 2 aromatic heterocycles. The first-order valence-electron chi connectivity index (χ1n) is 10.1. The van der Waals surface area contributed by atoms with Crippen LogP contribution >= 0.6 is 0 Å². The minimum absolute atomic E-state index is 0.222. The summed E-state index contributed by atoms with van der Waals surface area (Å²) in [6.45, 7) is 1.91. The predicted octanol–water partition coefficient (Wildman–Crippen LogP) is 4.11. The van der Waals surface area contributed by atoms with Crippen LogP contribution < -0.4 is 10.6 Å². The molecule has 0 spiro atoms. The largest absolute Gasteiger partial charge is 0.434 e. The predicted molar refractivity (Wildman–Crippen MR) is 112 cm³/mol. The summed E-state index contributed by atoms with van der Waals surface area (Å²) in [4.78, 5) is 28.9. The Morgan fingerprint density at radius 3 is 2.50 bits per heavy atom. The summed E-state index contributed by atoms with van der Waals surface area (Å²) >= 11 is 0. The monoisotopic (exact) mass is 442 g/mol. The van der Waals surface area contributed by atoms with E-state index in [-0.39, 0.29) is 17.8 Å². The van der Waals surface area contributed by atoms with Crippen LogP contribution in [0, 0.1) is 0 Å². The standard InChI is InChI=1S/C22H21F3N6O/c1-21(31-18-13-28-17(12-29-18)22(23,24)25)9-4-8-16(21)30-20(32)15-7-3-2-6-14(15)19-26-10-5-11-27-19/h2-3,5-7,10-13,16H,4,8-9H2,1H3,(H,29,31)(H,30,32)/t16-,21-/m0/s1. The van der Waals surface area contributed by atoms with E-state index in [1.54, 1.807) is 36.7 Å². The van der Waals surface area contributed by atoms with E-state index in [0.29, 0.717) is 36.0 Å². The molecular weight excluding hydrogens is 421 g/mol. The molecule has 0 unspecified atom stereocenters. The molecule has 1 saturated carbocycles. The molecule has 0 aliphatic heterocycles. The summed E-state index contributed by atoms with van der Waals surface area (Å²) in [7, 11) is 0. The summed E-state index contributed by atoms with van der Waals surface area (Å²) in [6, 6.07) is 8.52. The van der Waals surface area contributed by atoms with Crippen LogP contribution in [0.25, 0.3) is 11.4 Å². The highest BCUT2D eigenvalue weighted by Crippen LogP contribution is 2.34. The van der Waals surface area contributed by atoms with E-state index < -0.39 is 17.4 Å². The Bertz CT molecular complexity index is 1090. The Hall–Kier alpha value is -3.56. The Morgan fingerprint density at radius 1 is 1.06 bits per heavy atom. The van der Waals surface area contributed by atoms with Gasteiger partial charge < -0.3 is 10.6 Å². The zero-order valence-corrected chi connectivity index (χ0v) is 17.2. The number of nitrogens with zero attached hydrogens (tertiary/aromatic N) is 4. The summed E-state index contributed by atoms with van der Waals surface area (Å²) in [5.41, 5.74) is -0.583. The van der Waals surface area contributed by atoms with Gasteiger partial charge in [-0.2, -0.15) is 13.2 Å². The third-order valence-electron chi connectivity index (χ3n) is 5.60. The maximum absolute atomic E-state index is 13.1. The van der Waals surface area contributed by atoms with Crippen LogP contribution in [0.15, 0.2) is 55.1 Å². The molecule has 7 nitrogen and oxygen atoms in total. The van der Waals surface area contributed by atoms with Gasteiger partial charge in [0, 0.05) is 18.0 Å². The Morgan fingerprint density at radius 2 is 1.81 bits per heavy atom. The number of hydrogen-bond donors (Lipinski definition) is 2. The van der Waals surface area contributed by atoms with Crippen molar-refractivity contribution in [2.24, 2.45) is 0 Å². The zero-order valence-electron chi connectivity index (χ0n) is 17.2. The van der Waals surface area contributed by atoms with E-state index in [0.717, 1.165) is 12.6 Å². The molecule has 10 heteroatoms. The molecule has 4 rings (SSSR count).